The molecule has 126 valence electrons. The van der Waals surface area contributed by atoms with E-state index < -0.39 is 5.41 Å². The van der Waals surface area contributed by atoms with E-state index in [1.54, 1.807) is 22.9 Å². The fraction of sp³-hybridized carbons (Fsp3) is 0.200. The van der Waals surface area contributed by atoms with Crippen LogP contribution in [-0.4, -0.2) is 15.7 Å². The van der Waals surface area contributed by atoms with Gasteiger partial charge in [-0.15, -0.1) is 5.10 Å². The average molecular weight is 335 g/mol. The van der Waals surface area contributed by atoms with Crippen LogP contribution in [0.3, 0.4) is 0 Å². The molecule has 0 aliphatic heterocycles. The minimum atomic E-state index is -0.768. The van der Waals surface area contributed by atoms with Gasteiger partial charge in [-0.05, 0) is 38.0 Å². The topological polar surface area (TPSA) is 46.9 Å². The second kappa shape index (κ2) is 5.84. The molecule has 1 aromatic heterocycles. The Kier molecular flexibility index (Phi) is 3.64. The summed E-state index contributed by atoms with van der Waals surface area (Å²) < 4.78 is 15.9. The number of aromatic nitrogens is 2. The molecule has 0 bridgehead atoms. The summed E-state index contributed by atoms with van der Waals surface area (Å²) >= 11 is 0. The van der Waals surface area contributed by atoms with Crippen molar-refractivity contribution in [1.29, 1.82) is 0 Å². The maximum Gasteiger partial charge on any atom is 0.236 e. The molecule has 4 nitrogen and oxygen atoms in total. The molecule has 25 heavy (non-hydrogen) atoms. The van der Waals surface area contributed by atoms with Gasteiger partial charge in [-0.3, -0.25) is 4.79 Å². The smallest absolute Gasteiger partial charge is 0.236 e. The largest absolute Gasteiger partial charge is 0.308 e. The molecule has 0 unspecified atom stereocenters. The molecular weight excluding hydrogens is 317 g/mol. The molecule has 1 N–H and O–H groups in total. The number of nitrogens with one attached hydrogen (secondary N) is 1. The number of carbonyl (C=O) groups excluding carboxylic acids is 1. The first kappa shape index (κ1) is 15.6. The molecule has 1 aliphatic carbocycles. The van der Waals surface area contributed by atoms with Crippen LogP contribution < -0.4 is 5.32 Å². The van der Waals surface area contributed by atoms with Crippen molar-refractivity contribution >= 4 is 11.7 Å². The van der Waals surface area contributed by atoms with Crippen LogP contribution in [0.15, 0.2) is 60.7 Å². The molecule has 1 heterocycles. The lowest BCUT2D eigenvalue weighted by atomic mass is 9.94. The summed E-state index contributed by atoms with van der Waals surface area (Å²) in [6, 6.07) is 18.0. The molecule has 5 heteroatoms. The normalized spacial score (nSPS) is 15.0. The molecule has 1 amide bonds. The Morgan fingerprint density at radius 3 is 2.48 bits per heavy atom. The predicted octanol–water partition coefficient (Wildman–Crippen LogP) is 3.99. The molecule has 0 atom stereocenters. The minimum Gasteiger partial charge on any atom is -0.308 e. The third-order valence-electron chi connectivity index (χ3n) is 4.70. The van der Waals surface area contributed by atoms with Gasteiger partial charge >= 0.3 is 0 Å². The third-order valence-corrected chi connectivity index (χ3v) is 4.70. The van der Waals surface area contributed by atoms with E-state index >= 15 is 0 Å². The summed E-state index contributed by atoms with van der Waals surface area (Å²) in [6.07, 6.45) is 1.30. The van der Waals surface area contributed by atoms with Crippen molar-refractivity contribution in [2.75, 3.05) is 5.32 Å². The average Bonchev–Trinajstić information content (AvgIpc) is 3.35. The third kappa shape index (κ3) is 2.71. The highest BCUT2D eigenvalue weighted by molar-refractivity contribution is 6.00. The first-order valence-electron chi connectivity index (χ1n) is 8.29. The fourth-order valence-corrected chi connectivity index (χ4v) is 3.20. The SMILES string of the molecule is Cc1cc(NC(=O)C2(c3ccccc3F)CC2)nn1-c1ccccc1. The van der Waals surface area contributed by atoms with E-state index in [0.717, 1.165) is 11.4 Å². The summed E-state index contributed by atoms with van der Waals surface area (Å²) in [4.78, 5) is 12.8. The van der Waals surface area contributed by atoms with Crippen molar-refractivity contribution in [1.82, 2.24) is 9.78 Å². The Morgan fingerprint density at radius 1 is 1.12 bits per heavy atom. The van der Waals surface area contributed by atoms with Gasteiger partial charge in [-0.25, -0.2) is 9.07 Å². The van der Waals surface area contributed by atoms with Gasteiger partial charge in [0, 0.05) is 17.3 Å². The molecule has 3 aromatic rings. The summed E-state index contributed by atoms with van der Waals surface area (Å²) in [5, 5.41) is 7.33. The van der Waals surface area contributed by atoms with Crippen LogP contribution in [0.5, 0.6) is 0 Å². The van der Waals surface area contributed by atoms with Gasteiger partial charge in [0.15, 0.2) is 5.82 Å². The highest BCUT2D eigenvalue weighted by Crippen LogP contribution is 2.49. The molecule has 4 rings (SSSR count). The standard InChI is InChI=1S/C20H18FN3O/c1-14-13-18(23-24(14)15-7-3-2-4-8-15)22-19(25)20(11-12-20)16-9-5-6-10-17(16)21/h2-10,13H,11-12H2,1H3,(H,22,23,25). The number of amides is 1. The first-order valence-corrected chi connectivity index (χ1v) is 8.29. The van der Waals surface area contributed by atoms with E-state index in [1.165, 1.54) is 6.07 Å². The van der Waals surface area contributed by atoms with Gasteiger partial charge < -0.3 is 5.32 Å². The van der Waals surface area contributed by atoms with Gasteiger partial charge in [0.25, 0.3) is 0 Å². The summed E-state index contributed by atoms with van der Waals surface area (Å²) in [5.74, 6) is -0.0505. The van der Waals surface area contributed by atoms with E-state index in [1.807, 2.05) is 43.3 Å². The van der Waals surface area contributed by atoms with E-state index in [4.69, 9.17) is 0 Å². The fourth-order valence-electron chi connectivity index (χ4n) is 3.20. The molecular formula is C20H18FN3O. The zero-order valence-electron chi connectivity index (χ0n) is 13.9. The number of rotatable bonds is 4. The lowest BCUT2D eigenvalue weighted by molar-refractivity contribution is -0.118. The lowest BCUT2D eigenvalue weighted by Gasteiger charge is -2.15. The molecule has 1 aliphatic rings. The first-order chi connectivity index (χ1) is 12.1. The van der Waals surface area contributed by atoms with Gasteiger partial charge in [0.2, 0.25) is 5.91 Å². The summed E-state index contributed by atoms with van der Waals surface area (Å²) in [5.41, 5.74) is 1.54. The highest BCUT2D eigenvalue weighted by Gasteiger charge is 2.52. The number of hydrogen-bond donors (Lipinski definition) is 1. The van der Waals surface area contributed by atoms with Crippen molar-refractivity contribution in [3.63, 3.8) is 0 Å². The molecule has 0 spiro atoms. The van der Waals surface area contributed by atoms with Crippen molar-refractivity contribution in [2.45, 2.75) is 25.2 Å². The van der Waals surface area contributed by atoms with Gasteiger partial charge in [-0.1, -0.05) is 36.4 Å². The number of para-hydroxylation sites is 1. The lowest BCUT2D eigenvalue weighted by Crippen LogP contribution is -2.29. The minimum absolute atomic E-state index is 0.199. The number of carbonyl (C=O) groups is 1. The molecule has 1 saturated carbocycles. The number of anilines is 1. The Hall–Kier alpha value is -2.95. The number of nitrogens with zero attached hydrogens (tertiary/aromatic N) is 2. The predicted molar refractivity (Wildman–Crippen MR) is 94.2 cm³/mol. The molecule has 0 saturated heterocycles. The Labute approximate surface area is 145 Å². The second-order valence-electron chi connectivity index (χ2n) is 6.43. The van der Waals surface area contributed by atoms with Crippen LogP contribution >= 0.6 is 0 Å². The van der Waals surface area contributed by atoms with Crippen molar-refractivity contribution < 1.29 is 9.18 Å². The van der Waals surface area contributed by atoms with E-state index in [2.05, 4.69) is 10.4 Å². The second-order valence-corrected chi connectivity index (χ2v) is 6.43. The number of aryl methyl sites for hydroxylation is 1. The summed E-state index contributed by atoms with van der Waals surface area (Å²) in [6.45, 7) is 1.93. The van der Waals surface area contributed by atoms with Crippen LogP contribution in [0.25, 0.3) is 5.69 Å². The Morgan fingerprint density at radius 2 is 1.80 bits per heavy atom. The summed E-state index contributed by atoms with van der Waals surface area (Å²) in [7, 11) is 0. The monoisotopic (exact) mass is 335 g/mol. The molecule has 2 aromatic carbocycles. The van der Waals surface area contributed by atoms with E-state index in [0.29, 0.717) is 24.2 Å². The number of hydrogen-bond acceptors (Lipinski definition) is 2. The number of benzene rings is 2. The van der Waals surface area contributed by atoms with Crippen LogP contribution in [0.4, 0.5) is 10.2 Å². The molecule has 0 radical (unpaired) electrons. The van der Waals surface area contributed by atoms with Crippen LogP contribution in [-0.2, 0) is 10.2 Å². The van der Waals surface area contributed by atoms with Crippen LogP contribution in [0.2, 0.25) is 0 Å². The van der Waals surface area contributed by atoms with Gasteiger partial charge in [-0.2, -0.15) is 0 Å². The Balaban J connectivity index is 1.59. The van der Waals surface area contributed by atoms with E-state index in [9.17, 15) is 9.18 Å². The Bertz CT molecular complexity index is 929. The maximum absolute atomic E-state index is 14.1. The van der Waals surface area contributed by atoms with Crippen molar-refractivity contribution in [3.8, 4) is 5.69 Å². The van der Waals surface area contributed by atoms with E-state index in [-0.39, 0.29) is 11.7 Å². The van der Waals surface area contributed by atoms with Crippen LogP contribution in [0.1, 0.15) is 24.1 Å². The van der Waals surface area contributed by atoms with Crippen molar-refractivity contribution in [2.24, 2.45) is 0 Å². The zero-order chi connectivity index (χ0) is 17.4. The van der Waals surface area contributed by atoms with Gasteiger partial charge in [0.1, 0.15) is 5.82 Å². The van der Waals surface area contributed by atoms with Gasteiger partial charge in [0.05, 0.1) is 11.1 Å². The quantitative estimate of drug-likeness (QED) is 0.784. The van der Waals surface area contributed by atoms with Crippen LogP contribution in [0, 0.1) is 12.7 Å². The molecule has 1 fully saturated rings. The number of halogens is 1. The maximum atomic E-state index is 14.1. The highest BCUT2D eigenvalue weighted by atomic mass is 19.1. The zero-order valence-corrected chi connectivity index (χ0v) is 13.9. The van der Waals surface area contributed by atoms with Crippen molar-refractivity contribution in [3.05, 3.63) is 77.7 Å².